The molecule has 1 aromatic carbocycles. The van der Waals surface area contributed by atoms with Gasteiger partial charge in [0.1, 0.15) is 0 Å². The minimum atomic E-state index is 0.573. The van der Waals surface area contributed by atoms with Crippen molar-refractivity contribution in [2.24, 2.45) is 5.92 Å². The Morgan fingerprint density at radius 1 is 0.537 bits per heavy atom. The van der Waals surface area contributed by atoms with Crippen LogP contribution < -0.4 is 0 Å². The van der Waals surface area contributed by atoms with Gasteiger partial charge in [0.25, 0.3) is 0 Å². The van der Waals surface area contributed by atoms with Crippen LogP contribution in [0, 0.1) is 5.92 Å². The Morgan fingerprint density at radius 3 is 1.41 bits per heavy atom. The SMILES string of the molecule is CCCCCCCCCCCCCCCCC(C(CCCCCCCCCCC)Cc1ccccc1)n1ccnc1. The number of aromatic nitrogens is 2. The number of rotatable bonds is 29. The lowest BCUT2D eigenvalue weighted by atomic mass is 9.84. The van der Waals surface area contributed by atoms with Crippen molar-refractivity contribution in [3.05, 3.63) is 54.6 Å². The van der Waals surface area contributed by atoms with Gasteiger partial charge in [-0.25, -0.2) is 4.98 Å². The number of nitrogens with zero attached hydrogens (tertiary/aromatic N) is 2. The first-order valence-electron chi connectivity index (χ1n) is 18.4. The summed E-state index contributed by atoms with van der Waals surface area (Å²) in [6.45, 7) is 4.61. The molecule has 0 aliphatic carbocycles. The van der Waals surface area contributed by atoms with Gasteiger partial charge in [0.2, 0.25) is 0 Å². The van der Waals surface area contributed by atoms with Crippen LogP contribution in [0.1, 0.15) is 186 Å². The Labute approximate surface area is 256 Å². The molecule has 0 amide bonds. The predicted molar refractivity (Wildman–Crippen MR) is 182 cm³/mol. The summed E-state index contributed by atoms with van der Waals surface area (Å²) in [5.41, 5.74) is 1.50. The molecule has 2 aromatic rings. The van der Waals surface area contributed by atoms with Gasteiger partial charge in [0.05, 0.1) is 6.33 Å². The van der Waals surface area contributed by atoms with E-state index in [1.807, 2.05) is 6.20 Å². The molecule has 1 aromatic heterocycles. The average molecular weight is 565 g/mol. The first-order valence-corrected chi connectivity index (χ1v) is 18.4. The van der Waals surface area contributed by atoms with Gasteiger partial charge in [-0.1, -0.05) is 192 Å². The van der Waals surface area contributed by atoms with Crippen molar-refractivity contribution >= 4 is 0 Å². The lowest BCUT2D eigenvalue weighted by Crippen LogP contribution is -2.21. The van der Waals surface area contributed by atoms with Crippen LogP contribution in [0.4, 0.5) is 0 Å². The maximum atomic E-state index is 4.46. The molecule has 0 aliphatic rings. The molecule has 234 valence electrons. The molecule has 0 fully saturated rings. The zero-order chi connectivity index (χ0) is 29.1. The molecule has 0 saturated heterocycles. The topological polar surface area (TPSA) is 17.8 Å². The molecule has 0 saturated carbocycles. The van der Waals surface area contributed by atoms with Gasteiger partial charge in [0.15, 0.2) is 0 Å². The van der Waals surface area contributed by atoms with Crippen LogP contribution in [0.2, 0.25) is 0 Å². The van der Waals surface area contributed by atoms with E-state index in [1.54, 1.807) is 0 Å². The summed E-state index contributed by atoms with van der Waals surface area (Å²) in [5, 5.41) is 0. The van der Waals surface area contributed by atoms with Crippen molar-refractivity contribution in [2.45, 2.75) is 187 Å². The fraction of sp³-hybridized carbons (Fsp3) is 0.769. The van der Waals surface area contributed by atoms with Crippen LogP contribution in [0.5, 0.6) is 0 Å². The number of hydrogen-bond acceptors (Lipinski definition) is 1. The molecule has 0 radical (unpaired) electrons. The van der Waals surface area contributed by atoms with Crippen molar-refractivity contribution < 1.29 is 0 Å². The molecule has 2 nitrogen and oxygen atoms in total. The van der Waals surface area contributed by atoms with Crippen molar-refractivity contribution in [2.75, 3.05) is 0 Å². The van der Waals surface area contributed by atoms with E-state index >= 15 is 0 Å². The first-order chi connectivity index (χ1) is 20.3. The van der Waals surface area contributed by atoms with Crippen molar-refractivity contribution in [1.29, 1.82) is 0 Å². The molecule has 2 rings (SSSR count). The van der Waals surface area contributed by atoms with E-state index < -0.39 is 0 Å². The molecular formula is C39H68N2. The van der Waals surface area contributed by atoms with E-state index in [-0.39, 0.29) is 0 Å². The molecule has 2 atom stereocenters. The number of imidazole rings is 1. The average Bonchev–Trinajstić information content (AvgIpc) is 3.53. The molecule has 1 heterocycles. The lowest BCUT2D eigenvalue weighted by molar-refractivity contribution is 0.275. The Morgan fingerprint density at radius 2 is 0.976 bits per heavy atom. The number of benzene rings is 1. The molecule has 0 spiro atoms. The predicted octanol–water partition coefficient (Wildman–Crippen LogP) is 13.1. The van der Waals surface area contributed by atoms with Gasteiger partial charge >= 0.3 is 0 Å². The van der Waals surface area contributed by atoms with Gasteiger partial charge in [0, 0.05) is 18.4 Å². The second kappa shape index (κ2) is 26.1. The summed E-state index contributed by atoms with van der Waals surface area (Å²) in [4.78, 5) is 4.46. The largest absolute Gasteiger partial charge is 0.334 e. The second-order valence-electron chi connectivity index (χ2n) is 13.0. The fourth-order valence-electron chi connectivity index (χ4n) is 6.71. The summed E-state index contributed by atoms with van der Waals surface area (Å²) in [5.74, 6) is 0.693. The van der Waals surface area contributed by atoms with Crippen LogP contribution >= 0.6 is 0 Å². The Bertz CT molecular complexity index is 768. The smallest absolute Gasteiger partial charge is 0.0948 e. The van der Waals surface area contributed by atoms with Crippen LogP contribution in [0.25, 0.3) is 0 Å². The van der Waals surface area contributed by atoms with E-state index in [1.165, 1.54) is 173 Å². The Hall–Kier alpha value is -1.57. The highest BCUT2D eigenvalue weighted by Gasteiger charge is 2.23. The summed E-state index contributed by atoms with van der Waals surface area (Å²) >= 11 is 0. The number of unbranched alkanes of at least 4 members (excludes halogenated alkanes) is 21. The van der Waals surface area contributed by atoms with Crippen LogP contribution in [0.3, 0.4) is 0 Å². The molecule has 0 aliphatic heterocycles. The minimum Gasteiger partial charge on any atom is -0.334 e. The van der Waals surface area contributed by atoms with E-state index in [4.69, 9.17) is 0 Å². The van der Waals surface area contributed by atoms with E-state index in [0.717, 1.165) is 0 Å². The second-order valence-corrected chi connectivity index (χ2v) is 13.0. The van der Waals surface area contributed by atoms with Crippen LogP contribution in [0.15, 0.2) is 49.1 Å². The van der Waals surface area contributed by atoms with Crippen molar-refractivity contribution in [1.82, 2.24) is 9.55 Å². The highest BCUT2D eigenvalue weighted by Crippen LogP contribution is 2.32. The van der Waals surface area contributed by atoms with Gasteiger partial charge < -0.3 is 4.57 Å². The van der Waals surface area contributed by atoms with Gasteiger partial charge in [-0.05, 0) is 30.7 Å². The standard InChI is InChI=1S/C39H68N2/c1-3-5-7-9-11-13-14-15-16-17-19-21-23-28-32-39(41-34-33-40-36-41)38(35-37-29-25-24-26-30-37)31-27-22-20-18-12-10-8-6-4-2/h24-26,29-30,33-34,36,38-39H,3-23,27-28,31-32,35H2,1-2H3. The highest BCUT2D eigenvalue weighted by atomic mass is 15.1. The lowest BCUT2D eigenvalue weighted by Gasteiger charge is -2.29. The molecule has 41 heavy (non-hydrogen) atoms. The van der Waals surface area contributed by atoms with E-state index in [2.05, 4.69) is 66.3 Å². The molecular weight excluding hydrogens is 496 g/mol. The van der Waals surface area contributed by atoms with Gasteiger partial charge in [-0.3, -0.25) is 0 Å². The summed E-state index contributed by atoms with van der Waals surface area (Å²) in [6, 6.07) is 11.8. The third-order valence-electron chi connectivity index (χ3n) is 9.32. The Balaban J connectivity index is 1.71. The minimum absolute atomic E-state index is 0.573. The van der Waals surface area contributed by atoms with Crippen LogP contribution in [-0.4, -0.2) is 9.55 Å². The molecule has 2 heteroatoms. The van der Waals surface area contributed by atoms with Crippen molar-refractivity contribution in [3.63, 3.8) is 0 Å². The first kappa shape index (κ1) is 35.6. The number of hydrogen-bond donors (Lipinski definition) is 0. The monoisotopic (exact) mass is 565 g/mol. The molecule has 0 bridgehead atoms. The van der Waals surface area contributed by atoms with E-state index in [0.29, 0.717) is 12.0 Å². The Kier molecular flexibility index (Phi) is 22.7. The summed E-state index contributed by atoms with van der Waals surface area (Å²) in [7, 11) is 0. The molecule has 2 unspecified atom stereocenters. The highest BCUT2D eigenvalue weighted by molar-refractivity contribution is 5.15. The van der Waals surface area contributed by atoms with Crippen LogP contribution in [-0.2, 0) is 6.42 Å². The third kappa shape index (κ3) is 18.6. The van der Waals surface area contributed by atoms with E-state index in [9.17, 15) is 0 Å². The van der Waals surface area contributed by atoms with Gasteiger partial charge in [-0.15, -0.1) is 0 Å². The maximum absolute atomic E-state index is 4.46. The summed E-state index contributed by atoms with van der Waals surface area (Å²) in [6.07, 6.45) is 42.8. The van der Waals surface area contributed by atoms with Crippen molar-refractivity contribution in [3.8, 4) is 0 Å². The maximum Gasteiger partial charge on any atom is 0.0948 e. The quantitative estimate of drug-likeness (QED) is 0.0898. The zero-order valence-electron chi connectivity index (χ0n) is 27.6. The fourth-order valence-corrected chi connectivity index (χ4v) is 6.71. The van der Waals surface area contributed by atoms with Gasteiger partial charge in [-0.2, -0.15) is 0 Å². The summed E-state index contributed by atoms with van der Waals surface area (Å²) < 4.78 is 2.45. The normalized spacial score (nSPS) is 13.0. The molecule has 0 N–H and O–H groups in total. The zero-order valence-corrected chi connectivity index (χ0v) is 27.6. The third-order valence-corrected chi connectivity index (χ3v) is 9.32.